The fourth-order valence-electron chi connectivity index (χ4n) is 2.80. The summed E-state index contributed by atoms with van der Waals surface area (Å²) in [5.41, 5.74) is 3.66. The number of halogens is 2. The molecule has 1 aromatic heterocycles. The molecule has 0 bridgehead atoms. The first-order valence-corrected chi connectivity index (χ1v) is 9.61. The number of benzene rings is 2. The average molecular weight is 409 g/mol. The minimum Gasteiger partial charge on any atom is -0.383 e. The summed E-state index contributed by atoms with van der Waals surface area (Å²) in [7, 11) is 1.65. The number of carbonyl (C=O) groups is 1. The van der Waals surface area contributed by atoms with Crippen molar-refractivity contribution in [1.29, 1.82) is 0 Å². The number of thiazole rings is 1. The molecule has 1 amide bonds. The zero-order chi connectivity index (χ0) is 18.8. The van der Waals surface area contributed by atoms with Gasteiger partial charge in [0.1, 0.15) is 0 Å². The number of amides is 1. The van der Waals surface area contributed by atoms with Crippen LogP contribution < -0.4 is 4.80 Å². The van der Waals surface area contributed by atoms with Gasteiger partial charge in [0.05, 0.1) is 27.4 Å². The first-order valence-electron chi connectivity index (χ1n) is 8.04. The van der Waals surface area contributed by atoms with Crippen molar-refractivity contribution in [1.82, 2.24) is 4.57 Å². The first-order chi connectivity index (χ1) is 12.4. The van der Waals surface area contributed by atoms with E-state index >= 15 is 0 Å². The monoisotopic (exact) mass is 408 g/mol. The summed E-state index contributed by atoms with van der Waals surface area (Å²) in [6.07, 6.45) is 0. The highest BCUT2D eigenvalue weighted by atomic mass is 35.5. The number of nitrogens with zero attached hydrogens (tertiary/aromatic N) is 2. The number of ether oxygens (including phenoxy) is 1. The topological polar surface area (TPSA) is 43.6 Å². The molecule has 0 saturated carbocycles. The Balaban J connectivity index is 2.19. The Morgan fingerprint density at radius 1 is 1.23 bits per heavy atom. The van der Waals surface area contributed by atoms with Crippen LogP contribution >= 0.6 is 34.5 Å². The third-order valence-corrected chi connectivity index (χ3v) is 5.78. The Morgan fingerprint density at radius 2 is 2.00 bits per heavy atom. The molecule has 0 aliphatic rings. The smallest absolute Gasteiger partial charge is 0.281 e. The molecular weight excluding hydrogens is 391 g/mol. The maximum Gasteiger partial charge on any atom is 0.281 e. The van der Waals surface area contributed by atoms with Crippen LogP contribution in [0.4, 0.5) is 0 Å². The van der Waals surface area contributed by atoms with Crippen LogP contribution in [0, 0.1) is 13.8 Å². The van der Waals surface area contributed by atoms with Crippen LogP contribution in [0.2, 0.25) is 10.0 Å². The maximum absolute atomic E-state index is 12.7. The number of carbonyl (C=O) groups excluding carboxylic acids is 1. The summed E-state index contributed by atoms with van der Waals surface area (Å²) < 4.78 is 8.34. The summed E-state index contributed by atoms with van der Waals surface area (Å²) in [4.78, 5) is 17.6. The highest BCUT2D eigenvalue weighted by Crippen LogP contribution is 2.24. The van der Waals surface area contributed by atoms with Crippen molar-refractivity contribution in [3.63, 3.8) is 0 Å². The van der Waals surface area contributed by atoms with Crippen LogP contribution in [0.15, 0.2) is 35.3 Å². The highest BCUT2D eigenvalue weighted by molar-refractivity contribution is 7.16. The number of rotatable bonds is 4. The zero-order valence-corrected chi connectivity index (χ0v) is 17.0. The number of hydrogen-bond donors (Lipinski definition) is 0. The van der Waals surface area contributed by atoms with Gasteiger partial charge in [0.15, 0.2) is 4.80 Å². The second-order valence-electron chi connectivity index (χ2n) is 6.00. The maximum atomic E-state index is 12.7. The van der Waals surface area contributed by atoms with Gasteiger partial charge in [-0.3, -0.25) is 4.79 Å². The van der Waals surface area contributed by atoms with Crippen molar-refractivity contribution in [2.24, 2.45) is 4.99 Å². The Kier molecular flexibility index (Phi) is 5.82. The molecule has 3 rings (SSSR count). The van der Waals surface area contributed by atoms with E-state index in [0.29, 0.717) is 33.6 Å². The second kappa shape index (κ2) is 7.92. The SMILES string of the molecule is COCCn1c(=NC(=O)c2cc(Cl)ccc2Cl)sc2c(C)cc(C)cc21. The first kappa shape index (κ1) is 19.1. The van der Waals surface area contributed by atoms with E-state index in [1.54, 1.807) is 19.2 Å². The molecule has 0 N–H and O–H groups in total. The Morgan fingerprint density at radius 3 is 2.73 bits per heavy atom. The number of aryl methyl sites for hydroxylation is 2. The average Bonchev–Trinajstić information content (AvgIpc) is 2.92. The van der Waals surface area contributed by atoms with Crippen molar-refractivity contribution >= 4 is 50.7 Å². The molecule has 0 aliphatic heterocycles. The van der Waals surface area contributed by atoms with E-state index in [0.717, 1.165) is 21.3 Å². The minimum atomic E-state index is -0.412. The van der Waals surface area contributed by atoms with Gasteiger partial charge in [-0.25, -0.2) is 0 Å². The lowest BCUT2D eigenvalue weighted by atomic mass is 10.1. The van der Waals surface area contributed by atoms with Gasteiger partial charge in [0.2, 0.25) is 0 Å². The van der Waals surface area contributed by atoms with E-state index < -0.39 is 5.91 Å². The van der Waals surface area contributed by atoms with E-state index in [1.165, 1.54) is 17.4 Å². The standard InChI is InChI=1S/C19H18Cl2N2O2S/c1-11-8-12(2)17-16(9-11)23(6-7-25-3)19(26-17)22-18(24)14-10-13(20)4-5-15(14)21/h4-5,8-10H,6-7H2,1-3H3. The van der Waals surface area contributed by atoms with E-state index in [9.17, 15) is 4.79 Å². The predicted octanol–water partition coefficient (Wildman–Crippen LogP) is 5.01. The molecule has 7 heteroatoms. The predicted molar refractivity (Wildman–Crippen MR) is 108 cm³/mol. The van der Waals surface area contributed by atoms with E-state index in [1.807, 2.05) is 4.57 Å². The molecule has 1 heterocycles. The fourth-order valence-corrected chi connectivity index (χ4v) is 4.28. The molecule has 26 heavy (non-hydrogen) atoms. The molecule has 4 nitrogen and oxygen atoms in total. The van der Waals surface area contributed by atoms with E-state index in [-0.39, 0.29) is 0 Å². The zero-order valence-electron chi connectivity index (χ0n) is 14.7. The summed E-state index contributed by atoms with van der Waals surface area (Å²) in [6.45, 7) is 5.25. The molecule has 0 saturated heterocycles. The van der Waals surface area contributed by atoms with Gasteiger partial charge in [0, 0.05) is 18.7 Å². The summed E-state index contributed by atoms with van der Waals surface area (Å²) in [5, 5.41) is 0.780. The number of hydrogen-bond acceptors (Lipinski definition) is 3. The normalized spacial score (nSPS) is 12.1. The van der Waals surface area contributed by atoms with Gasteiger partial charge < -0.3 is 9.30 Å². The van der Waals surface area contributed by atoms with Gasteiger partial charge in [-0.05, 0) is 49.2 Å². The van der Waals surface area contributed by atoms with Crippen LogP contribution in [0.3, 0.4) is 0 Å². The van der Waals surface area contributed by atoms with Crippen LogP contribution in [-0.4, -0.2) is 24.2 Å². The molecule has 0 fully saturated rings. The Hall–Kier alpha value is -1.66. The third kappa shape index (κ3) is 3.86. The van der Waals surface area contributed by atoms with Gasteiger partial charge in [-0.2, -0.15) is 4.99 Å². The second-order valence-corrected chi connectivity index (χ2v) is 7.82. The molecule has 136 valence electrons. The van der Waals surface area contributed by atoms with Crippen molar-refractivity contribution in [2.45, 2.75) is 20.4 Å². The van der Waals surface area contributed by atoms with E-state index in [4.69, 9.17) is 27.9 Å². The van der Waals surface area contributed by atoms with E-state index in [2.05, 4.69) is 31.0 Å². The lowest BCUT2D eigenvalue weighted by Crippen LogP contribution is -2.19. The molecule has 3 aromatic rings. The molecule has 0 radical (unpaired) electrons. The van der Waals surface area contributed by atoms with Crippen LogP contribution in [-0.2, 0) is 11.3 Å². The quantitative estimate of drug-likeness (QED) is 0.608. The summed E-state index contributed by atoms with van der Waals surface area (Å²) in [5.74, 6) is -0.412. The van der Waals surface area contributed by atoms with Crippen molar-refractivity contribution in [3.05, 3.63) is 61.9 Å². The van der Waals surface area contributed by atoms with Crippen molar-refractivity contribution in [2.75, 3.05) is 13.7 Å². The van der Waals surface area contributed by atoms with Crippen LogP contribution in [0.1, 0.15) is 21.5 Å². The molecule has 0 atom stereocenters. The van der Waals surface area contributed by atoms with Crippen LogP contribution in [0.25, 0.3) is 10.2 Å². The lowest BCUT2D eigenvalue weighted by molar-refractivity contribution is 0.0997. The Labute approximate surface area is 165 Å². The molecule has 2 aromatic carbocycles. The summed E-state index contributed by atoms with van der Waals surface area (Å²) in [6, 6.07) is 9.01. The van der Waals surface area contributed by atoms with Gasteiger partial charge in [-0.15, -0.1) is 0 Å². The van der Waals surface area contributed by atoms with Gasteiger partial charge in [-0.1, -0.05) is 40.6 Å². The molecule has 0 spiro atoms. The lowest BCUT2D eigenvalue weighted by Gasteiger charge is -2.06. The number of aromatic nitrogens is 1. The fraction of sp³-hybridized carbons (Fsp3) is 0.263. The molecule has 0 unspecified atom stereocenters. The largest absolute Gasteiger partial charge is 0.383 e. The number of methoxy groups -OCH3 is 1. The molecule has 0 aliphatic carbocycles. The third-order valence-electron chi connectivity index (χ3n) is 3.99. The van der Waals surface area contributed by atoms with Crippen molar-refractivity contribution in [3.8, 4) is 0 Å². The van der Waals surface area contributed by atoms with Gasteiger partial charge in [0.25, 0.3) is 5.91 Å². The highest BCUT2D eigenvalue weighted by Gasteiger charge is 2.14. The summed E-state index contributed by atoms with van der Waals surface area (Å²) >= 11 is 13.6. The van der Waals surface area contributed by atoms with Gasteiger partial charge >= 0.3 is 0 Å². The van der Waals surface area contributed by atoms with Crippen LogP contribution in [0.5, 0.6) is 0 Å². The minimum absolute atomic E-state index is 0.294. The Bertz CT molecular complexity index is 1050. The molecular formula is C19H18Cl2N2O2S. The number of fused-ring (bicyclic) bond motifs is 1. The van der Waals surface area contributed by atoms with Crippen molar-refractivity contribution < 1.29 is 9.53 Å².